The number of ether oxygens (including phenoxy) is 2. The molecule has 1 aliphatic heterocycles. The Morgan fingerprint density at radius 1 is 1.03 bits per heavy atom. The summed E-state index contributed by atoms with van der Waals surface area (Å²) in [6.45, 7) is 2.49. The Labute approximate surface area is 199 Å². The van der Waals surface area contributed by atoms with Crippen LogP contribution >= 0.6 is 0 Å². The number of aromatic nitrogens is 2. The van der Waals surface area contributed by atoms with Crippen LogP contribution in [0.5, 0.6) is 11.5 Å². The maximum Gasteiger partial charge on any atom is 0.243 e. The van der Waals surface area contributed by atoms with Gasteiger partial charge in [0.25, 0.3) is 0 Å². The molecule has 3 aromatic rings. The lowest BCUT2D eigenvalue weighted by Crippen LogP contribution is -2.41. The first-order chi connectivity index (χ1) is 16.3. The van der Waals surface area contributed by atoms with E-state index in [0.717, 1.165) is 11.4 Å². The average Bonchev–Trinajstić information content (AvgIpc) is 3.29. The minimum absolute atomic E-state index is 0.113. The molecule has 1 amide bonds. The maximum absolute atomic E-state index is 13.1. The van der Waals surface area contributed by atoms with E-state index >= 15 is 0 Å². The Morgan fingerprint density at radius 3 is 2.41 bits per heavy atom. The first-order valence-electron chi connectivity index (χ1n) is 11.0. The summed E-state index contributed by atoms with van der Waals surface area (Å²) < 4.78 is 39.9. The molecule has 1 N–H and O–H groups in total. The molecule has 180 valence electrons. The van der Waals surface area contributed by atoms with Crippen LogP contribution in [0.25, 0.3) is 5.69 Å². The summed E-state index contributed by atoms with van der Waals surface area (Å²) in [6.07, 6.45) is 2.61. The molecule has 1 saturated heterocycles. The molecule has 2 heterocycles. The molecule has 0 aliphatic carbocycles. The lowest BCUT2D eigenvalue weighted by Gasteiger charge is -2.30. The van der Waals surface area contributed by atoms with E-state index in [4.69, 9.17) is 9.47 Å². The Kier molecular flexibility index (Phi) is 6.90. The van der Waals surface area contributed by atoms with Gasteiger partial charge < -0.3 is 14.8 Å². The number of sulfonamides is 1. The molecule has 34 heavy (non-hydrogen) atoms. The Bertz CT molecular complexity index is 1280. The van der Waals surface area contributed by atoms with Crippen molar-refractivity contribution in [2.75, 3.05) is 32.6 Å². The van der Waals surface area contributed by atoms with Crippen molar-refractivity contribution in [3.63, 3.8) is 0 Å². The molecule has 0 unspecified atom stereocenters. The minimum atomic E-state index is -3.71. The van der Waals surface area contributed by atoms with Crippen LogP contribution in [0.3, 0.4) is 0 Å². The maximum atomic E-state index is 13.1. The predicted molar refractivity (Wildman–Crippen MR) is 128 cm³/mol. The monoisotopic (exact) mass is 484 g/mol. The zero-order chi connectivity index (χ0) is 24.3. The molecular weight excluding hydrogens is 456 g/mol. The van der Waals surface area contributed by atoms with Gasteiger partial charge in [-0.05, 0) is 56.2 Å². The van der Waals surface area contributed by atoms with Crippen LogP contribution in [0.15, 0.2) is 59.6 Å². The average molecular weight is 485 g/mol. The van der Waals surface area contributed by atoms with Crippen LogP contribution < -0.4 is 14.8 Å². The molecule has 2 aromatic carbocycles. The quantitative estimate of drug-likeness (QED) is 0.552. The molecule has 0 bridgehead atoms. The topological polar surface area (TPSA) is 103 Å². The Hall–Kier alpha value is -3.37. The first kappa shape index (κ1) is 23.8. The molecule has 1 aromatic heterocycles. The first-order valence-corrected chi connectivity index (χ1v) is 12.4. The van der Waals surface area contributed by atoms with E-state index in [0.29, 0.717) is 30.0 Å². The van der Waals surface area contributed by atoms with Gasteiger partial charge in [0.15, 0.2) is 11.5 Å². The van der Waals surface area contributed by atoms with Crippen LogP contribution in [0.4, 0.5) is 5.69 Å². The molecular formula is C24H28N4O5S. The summed E-state index contributed by atoms with van der Waals surface area (Å²) in [5.74, 6) is 0.429. The summed E-state index contributed by atoms with van der Waals surface area (Å²) in [5, 5.41) is 7.27. The lowest BCUT2D eigenvalue weighted by atomic mass is 9.97. The van der Waals surface area contributed by atoms with Crippen molar-refractivity contribution in [2.45, 2.75) is 24.7 Å². The smallest absolute Gasteiger partial charge is 0.243 e. The fourth-order valence-electron chi connectivity index (χ4n) is 4.08. The number of aryl methyl sites for hydroxylation is 1. The third-order valence-electron chi connectivity index (χ3n) is 6.01. The van der Waals surface area contributed by atoms with Gasteiger partial charge in [-0.2, -0.15) is 9.40 Å². The SMILES string of the molecule is COc1ccc(S(=O)(=O)N2CCC(C(=O)Nc3cccc(-n4nccc4C)c3)CC2)cc1OC. The molecule has 0 spiro atoms. The number of hydrogen-bond acceptors (Lipinski definition) is 6. The van der Waals surface area contributed by atoms with Gasteiger partial charge in [0.1, 0.15) is 0 Å². The summed E-state index contributed by atoms with van der Waals surface area (Å²) in [7, 11) is -0.747. The molecule has 9 nitrogen and oxygen atoms in total. The lowest BCUT2D eigenvalue weighted by molar-refractivity contribution is -0.120. The van der Waals surface area contributed by atoms with E-state index < -0.39 is 10.0 Å². The molecule has 0 radical (unpaired) electrons. The van der Waals surface area contributed by atoms with Crippen molar-refractivity contribution >= 4 is 21.6 Å². The molecule has 0 atom stereocenters. The van der Waals surface area contributed by atoms with Crippen molar-refractivity contribution in [1.82, 2.24) is 14.1 Å². The number of anilines is 1. The van der Waals surface area contributed by atoms with Crippen LogP contribution in [0.2, 0.25) is 0 Å². The van der Waals surface area contributed by atoms with E-state index in [1.807, 2.05) is 37.3 Å². The number of rotatable bonds is 7. The number of benzene rings is 2. The van der Waals surface area contributed by atoms with Gasteiger partial charge >= 0.3 is 0 Å². The van der Waals surface area contributed by atoms with E-state index in [1.165, 1.54) is 30.7 Å². The van der Waals surface area contributed by atoms with E-state index in [9.17, 15) is 13.2 Å². The van der Waals surface area contributed by atoms with E-state index in [2.05, 4.69) is 10.4 Å². The van der Waals surface area contributed by atoms with Crippen LogP contribution in [-0.2, 0) is 14.8 Å². The second-order valence-electron chi connectivity index (χ2n) is 8.12. The largest absolute Gasteiger partial charge is 0.493 e. The number of amides is 1. The molecule has 10 heteroatoms. The molecule has 1 fully saturated rings. The highest BCUT2D eigenvalue weighted by Gasteiger charge is 2.32. The highest BCUT2D eigenvalue weighted by molar-refractivity contribution is 7.89. The summed E-state index contributed by atoms with van der Waals surface area (Å²) in [5.41, 5.74) is 2.53. The highest BCUT2D eigenvalue weighted by Crippen LogP contribution is 2.32. The number of nitrogens with zero attached hydrogens (tertiary/aromatic N) is 3. The third-order valence-corrected chi connectivity index (χ3v) is 7.90. The van der Waals surface area contributed by atoms with Gasteiger partial charge in [-0.3, -0.25) is 4.79 Å². The third kappa shape index (κ3) is 4.78. The van der Waals surface area contributed by atoms with Gasteiger partial charge in [-0.1, -0.05) is 6.07 Å². The van der Waals surface area contributed by atoms with E-state index in [-0.39, 0.29) is 29.8 Å². The summed E-state index contributed by atoms with van der Waals surface area (Å²) in [4.78, 5) is 13.0. The van der Waals surface area contributed by atoms with Gasteiger partial charge in [-0.25, -0.2) is 13.1 Å². The second kappa shape index (κ2) is 9.86. The second-order valence-corrected chi connectivity index (χ2v) is 10.1. The zero-order valence-electron chi connectivity index (χ0n) is 19.4. The number of piperidine rings is 1. The fraction of sp³-hybridized carbons (Fsp3) is 0.333. The van der Waals surface area contributed by atoms with Crippen LogP contribution in [0.1, 0.15) is 18.5 Å². The van der Waals surface area contributed by atoms with Crippen LogP contribution in [0, 0.1) is 12.8 Å². The van der Waals surface area contributed by atoms with Crippen LogP contribution in [-0.4, -0.2) is 55.7 Å². The van der Waals surface area contributed by atoms with Crippen molar-refractivity contribution in [2.24, 2.45) is 5.92 Å². The number of nitrogens with one attached hydrogen (secondary N) is 1. The zero-order valence-corrected chi connectivity index (χ0v) is 20.2. The van der Waals surface area contributed by atoms with Gasteiger partial charge in [0.05, 0.1) is 24.8 Å². The number of methoxy groups -OCH3 is 2. The molecule has 4 rings (SSSR count). The van der Waals surface area contributed by atoms with Gasteiger partial charge in [-0.15, -0.1) is 0 Å². The van der Waals surface area contributed by atoms with E-state index in [1.54, 1.807) is 16.9 Å². The highest BCUT2D eigenvalue weighted by atomic mass is 32.2. The molecule has 1 aliphatic rings. The van der Waals surface area contributed by atoms with Crippen molar-refractivity contribution in [3.8, 4) is 17.2 Å². The van der Waals surface area contributed by atoms with Crippen molar-refractivity contribution in [1.29, 1.82) is 0 Å². The van der Waals surface area contributed by atoms with Crippen molar-refractivity contribution < 1.29 is 22.7 Å². The number of hydrogen-bond donors (Lipinski definition) is 1. The summed E-state index contributed by atoms with van der Waals surface area (Å²) >= 11 is 0. The molecule has 0 saturated carbocycles. The fourth-order valence-corrected chi connectivity index (χ4v) is 5.57. The normalized spacial score (nSPS) is 15.1. The number of carbonyl (C=O) groups is 1. The minimum Gasteiger partial charge on any atom is -0.493 e. The van der Waals surface area contributed by atoms with Crippen molar-refractivity contribution in [3.05, 3.63) is 60.4 Å². The summed E-state index contributed by atoms with van der Waals surface area (Å²) in [6, 6.07) is 13.9. The standard InChI is InChI=1S/C24H28N4O5S/c1-17-9-12-25-28(17)20-6-4-5-19(15-20)26-24(29)18-10-13-27(14-11-18)34(30,31)21-7-8-22(32-2)23(16-21)33-3/h4-9,12,15-16,18H,10-11,13-14H2,1-3H3,(H,26,29). The number of carbonyl (C=O) groups excluding carboxylic acids is 1. The Morgan fingerprint density at radius 2 is 1.76 bits per heavy atom. The van der Waals surface area contributed by atoms with Gasteiger partial charge in [0.2, 0.25) is 15.9 Å². The van der Waals surface area contributed by atoms with Gasteiger partial charge in [0, 0.05) is 42.7 Å². The Balaban J connectivity index is 1.40. The predicted octanol–water partition coefficient (Wildman–Crippen LogP) is 3.24.